The molecule has 0 spiro atoms. The molecule has 1 aromatic carbocycles. The van der Waals surface area contributed by atoms with Crippen molar-refractivity contribution < 1.29 is 13.5 Å². The van der Waals surface area contributed by atoms with Gasteiger partial charge < -0.3 is 5.11 Å². The fraction of sp³-hybridized carbons (Fsp3) is 0.571. The van der Waals surface area contributed by atoms with Crippen LogP contribution in [0.3, 0.4) is 0 Å². The first-order chi connectivity index (χ1) is 8.86. The van der Waals surface area contributed by atoms with Crippen molar-refractivity contribution in [1.82, 2.24) is 4.72 Å². The van der Waals surface area contributed by atoms with Crippen molar-refractivity contribution in [3.8, 4) is 0 Å². The van der Waals surface area contributed by atoms with Gasteiger partial charge in [-0.2, -0.15) is 0 Å². The molecule has 4 nitrogen and oxygen atoms in total. The predicted octanol–water partition coefficient (Wildman–Crippen LogP) is 1.99. The SMILES string of the molecule is Cc1ccc(C)c(S(=O)(=O)NCCCC(C)CO)c1. The van der Waals surface area contributed by atoms with Crippen LogP contribution in [-0.4, -0.2) is 26.7 Å². The van der Waals surface area contributed by atoms with E-state index in [4.69, 9.17) is 5.11 Å². The summed E-state index contributed by atoms with van der Waals surface area (Å²) in [6, 6.07) is 5.41. The smallest absolute Gasteiger partial charge is 0.240 e. The van der Waals surface area contributed by atoms with Crippen molar-refractivity contribution >= 4 is 10.0 Å². The van der Waals surface area contributed by atoms with Gasteiger partial charge in [0.25, 0.3) is 0 Å². The van der Waals surface area contributed by atoms with Crippen molar-refractivity contribution in [2.75, 3.05) is 13.2 Å². The first kappa shape index (κ1) is 16.1. The molecule has 0 aliphatic carbocycles. The summed E-state index contributed by atoms with van der Waals surface area (Å²) >= 11 is 0. The Balaban J connectivity index is 2.64. The molecule has 0 aliphatic heterocycles. The van der Waals surface area contributed by atoms with Crippen molar-refractivity contribution in [2.45, 2.75) is 38.5 Å². The lowest BCUT2D eigenvalue weighted by molar-refractivity contribution is 0.228. The highest BCUT2D eigenvalue weighted by molar-refractivity contribution is 7.89. The molecule has 0 aliphatic rings. The van der Waals surface area contributed by atoms with E-state index in [9.17, 15) is 8.42 Å². The molecule has 0 heterocycles. The minimum atomic E-state index is -3.43. The summed E-state index contributed by atoms with van der Waals surface area (Å²) < 4.78 is 26.9. The van der Waals surface area contributed by atoms with Gasteiger partial charge in [0.1, 0.15) is 0 Å². The Morgan fingerprint density at radius 1 is 1.32 bits per heavy atom. The normalized spacial score (nSPS) is 13.5. The number of aliphatic hydroxyl groups is 1. The Bertz CT molecular complexity index is 511. The molecule has 0 radical (unpaired) electrons. The maximum atomic E-state index is 12.2. The quantitative estimate of drug-likeness (QED) is 0.753. The molecule has 0 fully saturated rings. The van der Waals surface area contributed by atoms with Crippen LogP contribution in [0, 0.1) is 19.8 Å². The van der Waals surface area contributed by atoms with E-state index in [1.165, 1.54) is 0 Å². The van der Waals surface area contributed by atoms with Crippen LogP contribution in [0.4, 0.5) is 0 Å². The number of aliphatic hydroxyl groups excluding tert-OH is 1. The van der Waals surface area contributed by atoms with E-state index in [0.29, 0.717) is 11.4 Å². The average Bonchev–Trinajstić information content (AvgIpc) is 2.37. The molecule has 0 saturated carbocycles. The highest BCUT2D eigenvalue weighted by atomic mass is 32.2. The van der Waals surface area contributed by atoms with Gasteiger partial charge in [-0.25, -0.2) is 13.1 Å². The Kier molecular flexibility index (Phi) is 5.97. The summed E-state index contributed by atoms with van der Waals surface area (Å²) in [5.41, 5.74) is 1.68. The molecule has 19 heavy (non-hydrogen) atoms. The van der Waals surface area contributed by atoms with Gasteiger partial charge in [0.15, 0.2) is 0 Å². The summed E-state index contributed by atoms with van der Waals surface area (Å²) in [4.78, 5) is 0.350. The number of sulfonamides is 1. The van der Waals surface area contributed by atoms with Gasteiger partial charge in [-0.3, -0.25) is 0 Å². The lowest BCUT2D eigenvalue weighted by atomic mass is 10.1. The molecule has 108 valence electrons. The van der Waals surface area contributed by atoms with Gasteiger partial charge >= 0.3 is 0 Å². The molecular weight excluding hydrogens is 262 g/mol. The molecule has 1 rings (SSSR count). The molecule has 5 heteroatoms. The number of hydrogen-bond donors (Lipinski definition) is 2. The third-order valence-corrected chi connectivity index (χ3v) is 4.71. The molecule has 2 N–H and O–H groups in total. The minimum absolute atomic E-state index is 0.143. The zero-order valence-electron chi connectivity index (χ0n) is 11.8. The number of rotatable bonds is 7. The number of benzene rings is 1. The molecule has 0 amide bonds. The minimum Gasteiger partial charge on any atom is -0.396 e. The molecule has 1 unspecified atom stereocenters. The monoisotopic (exact) mass is 285 g/mol. The third kappa shape index (κ3) is 4.93. The van der Waals surface area contributed by atoms with Crippen LogP contribution in [-0.2, 0) is 10.0 Å². The maximum absolute atomic E-state index is 12.2. The molecule has 0 bridgehead atoms. The van der Waals surface area contributed by atoms with Crippen LogP contribution < -0.4 is 4.72 Å². The second-order valence-corrected chi connectivity index (χ2v) is 6.83. The Hall–Kier alpha value is -0.910. The van der Waals surface area contributed by atoms with E-state index in [1.54, 1.807) is 13.0 Å². The highest BCUT2D eigenvalue weighted by Gasteiger charge is 2.16. The van der Waals surface area contributed by atoms with Gasteiger partial charge in [0.2, 0.25) is 10.0 Å². The largest absolute Gasteiger partial charge is 0.396 e. The van der Waals surface area contributed by atoms with Crippen LogP contribution in [0.1, 0.15) is 30.9 Å². The standard InChI is InChI=1S/C14H23NO3S/c1-11-6-7-13(3)14(9-11)19(17,18)15-8-4-5-12(2)10-16/h6-7,9,12,15-16H,4-5,8,10H2,1-3H3. The topological polar surface area (TPSA) is 66.4 Å². The van der Waals surface area contributed by atoms with Crippen molar-refractivity contribution in [1.29, 1.82) is 0 Å². The van der Waals surface area contributed by atoms with Crippen LogP contribution in [0.15, 0.2) is 23.1 Å². The number of hydrogen-bond acceptors (Lipinski definition) is 3. The third-order valence-electron chi connectivity index (χ3n) is 3.11. The maximum Gasteiger partial charge on any atom is 0.240 e. The van der Waals surface area contributed by atoms with E-state index in [2.05, 4.69) is 4.72 Å². The second-order valence-electron chi connectivity index (χ2n) is 5.10. The molecule has 1 atom stereocenters. The average molecular weight is 285 g/mol. The molecule has 0 saturated heterocycles. The van der Waals surface area contributed by atoms with Crippen LogP contribution in [0.2, 0.25) is 0 Å². The number of nitrogens with one attached hydrogen (secondary N) is 1. The zero-order valence-corrected chi connectivity index (χ0v) is 12.6. The van der Waals surface area contributed by atoms with Gasteiger partial charge in [0.05, 0.1) is 4.90 Å². The van der Waals surface area contributed by atoms with Gasteiger partial charge in [0, 0.05) is 13.2 Å². The van der Waals surface area contributed by atoms with Crippen LogP contribution in [0.25, 0.3) is 0 Å². The molecule has 0 aromatic heterocycles. The first-order valence-corrected chi connectivity index (χ1v) is 8.03. The second kappa shape index (κ2) is 7.03. The van der Waals surface area contributed by atoms with E-state index in [-0.39, 0.29) is 12.5 Å². The fourth-order valence-electron chi connectivity index (χ4n) is 1.82. The van der Waals surface area contributed by atoms with E-state index >= 15 is 0 Å². The summed E-state index contributed by atoms with van der Waals surface area (Å²) in [6.45, 7) is 6.16. The summed E-state index contributed by atoms with van der Waals surface area (Å²) in [5, 5.41) is 8.90. The summed E-state index contributed by atoms with van der Waals surface area (Å²) in [7, 11) is -3.43. The molecule has 1 aromatic rings. The van der Waals surface area contributed by atoms with Crippen molar-refractivity contribution in [2.24, 2.45) is 5.92 Å². The molecular formula is C14H23NO3S. The lowest BCUT2D eigenvalue weighted by Gasteiger charge is -2.11. The van der Waals surface area contributed by atoms with Gasteiger partial charge in [-0.05, 0) is 49.8 Å². The fourth-order valence-corrected chi connectivity index (χ4v) is 3.22. The van der Waals surface area contributed by atoms with Crippen molar-refractivity contribution in [3.05, 3.63) is 29.3 Å². The Morgan fingerprint density at radius 3 is 2.63 bits per heavy atom. The van der Waals surface area contributed by atoms with Crippen molar-refractivity contribution in [3.63, 3.8) is 0 Å². The van der Waals surface area contributed by atoms with Crippen LogP contribution >= 0.6 is 0 Å². The van der Waals surface area contributed by atoms with E-state index < -0.39 is 10.0 Å². The Labute approximate surface area is 115 Å². The summed E-state index contributed by atoms with van der Waals surface area (Å²) in [5.74, 6) is 0.213. The highest BCUT2D eigenvalue weighted by Crippen LogP contribution is 2.16. The summed E-state index contributed by atoms with van der Waals surface area (Å²) in [6.07, 6.45) is 1.54. The predicted molar refractivity (Wildman–Crippen MR) is 76.6 cm³/mol. The lowest BCUT2D eigenvalue weighted by Crippen LogP contribution is -2.26. The number of aryl methyl sites for hydroxylation is 2. The van der Waals surface area contributed by atoms with Gasteiger partial charge in [-0.1, -0.05) is 19.1 Å². The van der Waals surface area contributed by atoms with Crippen LogP contribution in [0.5, 0.6) is 0 Å². The zero-order chi connectivity index (χ0) is 14.5. The van der Waals surface area contributed by atoms with Gasteiger partial charge in [-0.15, -0.1) is 0 Å². The van der Waals surface area contributed by atoms with E-state index in [1.807, 2.05) is 26.0 Å². The Morgan fingerprint density at radius 2 is 2.00 bits per heavy atom. The van der Waals surface area contributed by atoms with E-state index in [0.717, 1.165) is 24.0 Å². The first-order valence-electron chi connectivity index (χ1n) is 6.54.